The molecule has 0 saturated carbocycles. The molecule has 0 fully saturated rings. The van der Waals surface area contributed by atoms with E-state index in [9.17, 15) is 19.5 Å². The fourth-order valence-corrected chi connectivity index (χ4v) is 5.60. The van der Waals surface area contributed by atoms with Crippen molar-refractivity contribution in [3.8, 4) is 5.75 Å². The van der Waals surface area contributed by atoms with E-state index in [1.165, 1.54) is 0 Å². The summed E-state index contributed by atoms with van der Waals surface area (Å²) in [6, 6.07) is 26.4. The SMILES string of the molecule is C=CCCC[C@H](Cc1ccccc1)C(=O)OC[C@@H](NC(=O)[C@@H](CC=C)CC(=O)N[C@H](CO)Cc1ccc(OCc2ccccc2)cc1)C(C)C. The van der Waals surface area contributed by atoms with E-state index in [0.717, 1.165) is 35.3 Å². The number of nitrogens with one attached hydrogen (secondary N) is 2. The Bertz CT molecular complexity index is 1460. The number of esters is 1. The lowest BCUT2D eigenvalue weighted by atomic mass is 9.94. The number of hydrogen-bond acceptors (Lipinski definition) is 6. The maximum atomic E-state index is 13.4. The van der Waals surface area contributed by atoms with E-state index >= 15 is 0 Å². The Kier molecular flexibility index (Phi) is 17.6. The zero-order valence-electron chi connectivity index (χ0n) is 29.6. The van der Waals surface area contributed by atoms with Gasteiger partial charge >= 0.3 is 5.97 Å². The molecule has 4 atom stereocenters. The molecule has 0 aliphatic carbocycles. The minimum atomic E-state index is -0.672. The molecule has 0 aliphatic rings. The average Bonchev–Trinajstić information content (AvgIpc) is 3.12. The summed E-state index contributed by atoms with van der Waals surface area (Å²) >= 11 is 0. The number of allylic oxidation sites excluding steroid dienone is 2. The largest absolute Gasteiger partial charge is 0.489 e. The highest BCUT2D eigenvalue weighted by atomic mass is 16.5. The van der Waals surface area contributed by atoms with Crippen LogP contribution in [0.25, 0.3) is 0 Å². The number of rotatable bonds is 23. The van der Waals surface area contributed by atoms with Gasteiger partial charge in [0.25, 0.3) is 0 Å². The smallest absolute Gasteiger partial charge is 0.309 e. The second-order valence-corrected chi connectivity index (χ2v) is 13.1. The topological polar surface area (TPSA) is 114 Å². The molecule has 268 valence electrons. The maximum absolute atomic E-state index is 13.4. The monoisotopic (exact) mass is 682 g/mol. The molecule has 8 heteroatoms. The lowest BCUT2D eigenvalue weighted by Crippen LogP contribution is -2.47. The molecule has 0 aliphatic heterocycles. The highest BCUT2D eigenvalue weighted by molar-refractivity contribution is 5.86. The van der Waals surface area contributed by atoms with Crippen LogP contribution in [-0.2, 0) is 38.6 Å². The van der Waals surface area contributed by atoms with E-state index in [4.69, 9.17) is 9.47 Å². The van der Waals surface area contributed by atoms with Gasteiger partial charge in [-0.15, -0.1) is 13.2 Å². The minimum Gasteiger partial charge on any atom is -0.489 e. The Morgan fingerprint density at radius 1 is 0.800 bits per heavy atom. The Labute approximate surface area is 298 Å². The van der Waals surface area contributed by atoms with Crippen molar-refractivity contribution in [2.75, 3.05) is 13.2 Å². The lowest BCUT2D eigenvalue weighted by molar-refractivity contribution is -0.150. The fraction of sp³-hybridized carbons (Fsp3) is 0.405. The van der Waals surface area contributed by atoms with Gasteiger partial charge in [0.05, 0.1) is 30.5 Å². The molecule has 2 amide bonds. The molecule has 3 rings (SSSR count). The average molecular weight is 683 g/mol. The first-order valence-electron chi connectivity index (χ1n) is 17.6. The van der Waals surface area contributed by atoms with Gasteiger partial charge in [0.1, 0.15) is 19.0 Å². The van der Waals surface area contributed by atoms with Crippen LogP contribution < -0.4 is 15.4 Å². The number of aliphatic hydroxyl groups is 1. The Balaban J connectivity index is 1.52. The molecule has 3 aromatic carbocycles. The van der Waals surface area contributed by atoms with E-state index in [1.807, 2.05) is 105 Å². The van der Waals surface area contributed by atoms with Crippen LogP contribution in [0.3, 0.4) is 0 Å². The van der Waals surface area contributed by atoms with E-state index in [1.54, 1.807) is 6.08 Å². The molecule has 0 bridgehead atoms. The summed E-state index contributed by atoms with van der Waals surface area (Å²) < 4.78 is 11.7. The number of unbranched alkanes of at least 4 members (excludes halogenated alkanes) is 1. The van der Waals surface area contributed by atoms with Gasteiger partial charge in [0.15, 0.2) is 0 Å². The molecule has 8 nitrogen and oxygen atoms in total. The zero-order valence-corrected chi connectivity index (χ0v) is 29.6. The van der Waals surface area contributed by atoms with Crippen molar-refractivity contribution in [3.63, 3.8) is 0 Å². The molecular weight excluding hydrogens is 628 g/mol. The third-order valence-corrected chi connectivity index (χ3v) is 8.65. The molecule has 0 spiro atoms. The van der Waals surface area contributed by atoms with Crippen molar-refractivity contribution in [2.24, 2.45) is 17.8 Å². The molecule has 3 N–H and O–H groups in total. The van der Waals surface area contributed by atoms with Crippen LogP contribution in [0.2, 0.25) is 0 Å². The van der Waals surface area contributed by atoms with Gasteiger partial charge in [-0.05, 0) is 73.3 Å². The number of carbonyl (C=O) groups excluding carboxylic acids is 3. The van der Waals surface area contributed by atoms with Crippen LogP contribution in [0.15, 0.2) is 110 Å². The zero-order chi connectivity index (χ0) is 36.1. The first-order valence-corrected chi connectivity index (χ1v) is 17.6. The van der Waals surface area contributed by atoms with E-state index < -0.39 is 18.0 Å². The van der Waals surface area contributed by atoms with Crippen LogP contribution >= 0.6 is 0 Å². The summed E-state index contributed by atoms with van der Waals surface area (Å²) in [4.78, 5) is 39.8. The lowest BCUT2D eigenvalue weighted by Gasteiger charge is -2.26. The van der Waals surface area contributed by atoms with Crippen LogP contribution in [-0.4, -0.2) is 48.2 Å². The molecular formula is C42H54N2O6. The Morgan fingerprint density at radius 3 is 2.04 bits per heavy atom. The number of amides is 2. The first kappa shape index (κ1) is 39.7. The van der Waals surface area contributed by atoms with Crippen molar-refractivity contribution in [1.82, 2.24) is 10.6 Å². The summed E-state index contributed by atoms with van der Waals surface area (Å²) in [6.07, 6.45) is 7.00. The van der Waals surface area contributed by atoms with Crippen LogP contribution in [0.5, 0.6) is 5.75 Å². The third kappa shape index (κ3) is 14.4. The Hall–Kier alpha value is -4.69. The van der Waals surface area contributed by atoms with Gasteiger partial charge in [-0.25, -0.2) is 0 Å². The number of ether oxygens (including phenoxy) is 2. The van der Waals surface area contributed by atoms with Crippen LogP contribution in [0.1, 0.15) is 62.6 Å². The second-order valence-electron chi connectivity index (χ2n) is 13.1. The van der Waals surface area contributed by atoms with Gasteiger partial charge < -0.3 is 25.2 Å². The summed E-state index contributed by atoms with van der Waals surface area (Å²) in [7, 11) is 0. The summed E-state index contributed by atoms with van der Waals surface area (Å²) in [5, 5.41) is 15.9. The number of benzene rings is 3. The van der Waals surface area contributed by atoms with E-state index in [-0.39, 0.29) is 49.3 Å². The van der Waals surface area contributed by atoms with Gasteiger partial charge in [-0.3, -0.25) is 14.4 Å². The highest BCUT2D eigenvalue weighted by Crippen LogP contribution is 2.20. The quantitative estimate of drug-likeness (QED) is 0.0579. The van der Waals surface area contributed by atoms with Crippen LogP contribution in [0.4, 0.5) is 0 Å². The molecule has 3 aromatic rings. The molecule has 0 saturated heterocycles. The molecule has 0 radical (unpaired) electrons. The van der Waals surface area contributed by atoms with Gasteiger partial charge in [0.2, 0.25) is 11.8 Å². The fourth-order valence-electron chi connectivity index (χ4n) is 5.60. The van der Waals surface area contributed by atoms with Crippen molar-refractivity contribution >= 4 is 17.8 Å². The summed E-state index contributed by atoms with van der Waals surface area (Å²) in [5.74, 6) is -1.21. The summed E-state index contributed by atoms with van der Waals surface area (Å²) in [6.45, 7) is 11.7. The molecule has 0 aromatic heterocycles. The Morgan fingerprint density at radius 2 is 1.44 bits per heavy atom. The maximum Gasteiger partial charge on any atom is 0.309 e. The summed E-state index contributed by atoms with van der Waals surface area (Å²) in [5.41, 5.74) is 3.07. The highest BCUT2D eigenvalue weighted by Gasteiger charge is 2.28. The van der Waals surface area contributed by atoms with Crippen molar-refractivity contribution in [1.29, 1.82) is 0 Å². The van der Waals surface area contributed by atoms with Gasteiger partial charge in [-0.2, -0.15) is 0 Å². The molecule has 0 unspecified atom stereocenters. The van der Waals surface area contributed by atoms with Crippen LogP contribution in [0, 0.1) is 17.8 Å². The van der Waals surface area contributed by atoms with Crippen molar-refractivity contribution in [3.05, 3.63) is 127 Å². The predicted octanol–water partition coefficient (Wildman–Crippen LogP) is 6.77. The van der Waals surface area contributed by atoms with Gasteiger partial charge in [0, 0.05) is 6.42 Å². The molecule has 0 heterocycles. The normalized spacial score (nSPS) is 13.4. The first-order chi connectivity index (χ1) is 24.2. The van der Waals surface area contributed by atoms with E-state index in [2.05, 4.69) is 23.8 Å². The van der Waals surface area contributed by atoms with Gasteiger partial charge in [-0.1, -0.05) is 98.8 Å². The third-order valence-electron chi connectivity index (χ3n) is 8.65. The number of hydrogen-bond donors (Lipinski definition) is 3. The number of aliphatic hydroxyl groups excluding tert-OH is 1. The van der Waals surface area contributed by atoms with Crippen molar-refractivity contribution in [2.45, 2.75) is 77.5 Å². The number of carbonyl (C=O) groups is 3. The van der Waals surface area contributed by atoms with Crippen molar-refractivity contribution < 1.29 is 29.0 Å². The van der Waals surface area contributed by atoms with E-state index in [0.29, 0.717) is 32.3 Å². The predicted molar refractivity (Wildman–Crippen MR) is 198 cm³/mol. The second kappa shape index (κ2) is 22.1. The standard InChI is InChI=1S/C42H54N2O6/c1-5-7-10-20-36(25-32-16-11-8-12-17-32)42(48)50-30-39(31(3)4)44-41(47)35(15-6-2)27-40(46)43-37(28-45)26-33-21-23-38(24-22-33)49-29-34-18-13-9-14-19-34/h5-6,8-9,11-14,16-19,21-24,31,35-37,39,45H,1-2,7,10,15,20,25-30H2,3-4H3,(H,43,46)(H,44,47)/t35-,36+,37-,39+/m0/s1. The molecule has 50 heavy (non-hydrogen) atoms. The minimum absolute atomic E-state index is 0.0211.